The van der Waals surface area contributed by atoms with E-state index in [1.54, 1.807) is 18.2 Å². The number of aromatic amines is 2. The summed E-state index contributed by atoms with van der Waals surface area (Å²) in [6.07, 6.45) is 0.535. The minimum Gasteiger partial charge on any atom is -0.356 e. The van der Waals surface area contributed by atoms with Crippen LogP contribution in [0.4, 0.5) is 8.78 Å². The molecule has 0 radical (unpaired) electrons. The molecule has 2 aromatic heterocycles. The monoisotopic (exact) mass is 387 g/mol. The molecule has 0 saturated carbocycles. The molecule has 7 heteroatoms. The number of fused-ring (bicyclic) bond motifs is 2. The highest BCUT2D eigenvalue weighted by Crippen LogP contribution is 2.28. The molecule has 4 nitrogen and oxygen atoms in total. The maximum atomic E-state index is 14.1. The molecule has 2 aromatic carbocycles. The van der Waals surface area contributed by atoms with Crippen LogP contribution in [0, 0.1) is 18.6 Å². The van der Waals surface area contributed by atoms with Crippen LogP contribution in [0.3, 0.4) is 0 Å². The molecule has 0 bridgehead atoms. The van der Waals surface area contributed by atoms with Gasteiger partial charge in [-0.2, -0.15) is 0 Å². The van der Waals surface area contributed by atoms with Crippen LogP contribution in [0.2, 0.25) is 5.02 Å². The minimum atomic E-state index is -0.474. The molecule has 3 N–H and O–H groups in total. The molecular formula is C20H16ClF2N3O. The second-order valence-electron chi connectivity index (χ2n) is 6.43. The number of aryl methyl sites for hydroxylation is 1. The van der Waals surface area contributed by atoms with Crippen molar-refractivity contribution in [1.82, 2.24) is 15.3 Å². The van der Waals surface area contributed by atoms with Gasteiger partial charge in [0.25, 0.3) is 5.91 Å². The molecule has 0 atom stereocenters. The first-order valence-electron chi connectivity index (χ1n) is 8.45. The van der Waals surface area contributed by atoms with E-state index in [1.807, 2.05) is 6.92 Å². The number of nitrogens with one attached hydrogen (secondary N) is 3. The number of aromatic nitrogens is 2. The number of halogens is 3. The van der Waals surface area contributed by atoms with Crippen LogP contribution in [0.25, 0.3) is 21.8 Å². The van der Waals surface area contributed by atoms with E-state index in [0.717, 1.165) is 16.6 Å². The smallest absolute Gasteiger partial charge is 0.267 e. The van der Waals surface area contributed by atoms with Crippen molar-refractivity contribution >= 4 is 39.3 Å². The molecule has 0 spiro atoms. The fraction of sp³-hybridized carbons (Fsp3) is 0.150. The van der Waals surface area contributed by atoms with Crippen LogP contribution in [0.15, 0.2) is 36.4 Å². The Morgan fingerprint density at radius 3 is 2.78 bits per heavy atom. The van der Waals surface area contributed by atoms with Gasteiger partial charge < -0.3 is 15.3 Å². The van der Waals surface area contributed by atoms with Crippen molar-refractivity contribution in [2.75, 3.05) is 6.54 Å². The third-order valence-corrected chi connectivity index (χ3v) is 4.97. The molecule has 138 valence electrons. The van der Waals surface area contributed by atoms with E-state index in [9.17, 15) is 13.6 Å². The van der Waals surface area contributed by atoms with Crippen molar-refractivity contribution in [3.8, 4) is 0 Å². The van der Waals surface area contributed by atoms with Crippen molar-refractivity contribution in [2.24, 2.45) is 0 Å². The van der Waals surface area contributed by atoms with E-state index >= 15 is 0 Å². The minimum absolute atomic E-state index is 0.0684. The van der Waals surface area contributed by atoms with Gasteiger partial charge in [-0.25, -0.2) is 8.78 Å². The standard InChI is InChI=1S/C20H16ClF2N3O/c1-10-13(14-3-4-15(21)18(23)19(14)25-10)6-7-24-20(27)17-9-11-8-12(22)2-5-16(11)26-17/h2-5,8-9,25-26H,6-7H2,1H3,(H,24,27). The number of rotatable bonds is 4. The second kappa shape index (κ2) is 6.70. The van der Waals surface area contributed by atoms with Crippen molar-refractivity contribution in [2.45, 2.75) is 13.3 Å². The average molecular weight is 388 g/mol. The maximum absolute atomic E-state index is 14.1. The Bertz CT molecular complexity index is 1180. The lowest BCUT2D eigenvalue weighted by atomic mass is 10.1. The topological polar surface area (TPSA) is 60.7 Å². The molecule has 27 heavy (non-hydrogen) atoms. The van der Waals surface area contributed by atoms with Gasteiger partial charge in [-0.15, -0.1) is 0 Å². The second-order valence-corrected chi connectivity index (χ2v) is 6.84. The quantitative estimate of drug-likeness (QED) is 0.460. The number of amides is 1. The van der Waals surface area contributed by atoms with Crippen LogP contribution < -0.4 is 5.32 Å². The van der Waals surface area contributed by atoms with E-state index in [2.05, 4.69) is 15.3 Å². The fourth-order valence-electron chi connectivity index (χ4n) is 3.33. The Labute approximate surface area is 158 Å². The van der Waals surface area contributed by atoms with Crippen molar-refractivity contribution < 1.29 is 13.6 Å². The van der Waals surface area contributed by atoms with Gasteiger partial charge >= 0.3 is 0 Å². The summed E-state index contributed by atoms with van der Waals surface area (Å²) in [7, 11) is 0. The van der Waals surface area contributed by atoms with Crippen molar-refractivity contribution in [3.05, 3.63) is 70.0 Å². The Morgan fingerprint density at radius 1 is 1.15 bits per heavy atom. The maximum Gasteiger partial charge on any atom is 0.267 e. The van der Waals surface area contributed by atoms with Crippen LogP contribution in [0.5, 0.6) is 0 Å². The van der Waals surface area contributed by atoms with Crippen LogP contribution >= 0.6 is 11.6 Å². The van der Waals surface area contributed by atoms with Gasteiger partial charge in [0.2, 0.25) is 0 Å². The fourth-order valence-corrected chi connectivity index (χ4v) is 3.49. The lowest BCUT2D eigenvalue weighted by molar-refractivity contribution is 0.0950. The van der Waals surface area contributed by atoms with Crippen molar-refractivity contribution in [1.29, 1.82) is 0 Å². The van der Waals surface area contributed by atoms with E-state index < -0.39 is 5.82 Å². The summed E-state index contributed by atoms with van der Waals surface area (Å²) in [5.41, 5.74) is 3.20. The molecule has 1 amide bonds. The Balaban J connectivity index is 1.49. The van der Waals surface area contributed by atoms with E-state index in [0.29, 0.717) is 35.1 Å². The van der Waals surface area contributed by atoms with E-state index in [1.165, 1.54) is 18.2 Å². The van der Waals surface area contributed by atoms with Gasteiger partial charge in [0, 0.05) is 28.5 Å². The molecule has 0 fully saturated rings. The lowest BCUT2D eigenvalue weighted by Gasteiger charge is -2.05. The third kappa shape index (κ3) is 3.17. The predicted octanol–water partition coefficient (Wildman–Crippen LogP) is 4.86. The van der Waals surface area contributed by atoms with E-state index in [4.69, 9.17) is 11.6 Å². The average Bonchev–Trinajstić information content (AvgIpc) is 3.19. The molecule has 0 aliphatic carbocycles. The highest BCUT2D eigenvalue weighted by molar-refractivity contribution is 6.31. The summed E-state index contributed by atoms with van der Waals surface area (Å²) < 4.78 is 27.4. The van der Waals surface area contributed by atoms with Gasteiger partial charge in [-0.3, -0.25) is 4.79 Å². The van der Waals surface area contributed by atoms with Crippen molar-refractivity contribution in [3.63, 3.8) is 0 Å². The first-order valence-corrected chi connectivity index (χ1v) is 8.83. The number of hydrogen-bond acceptors (Lipinski definition) is 1. The van der Waals surface area contributed by atoms with Gasteiger partial charge in [0.05, 0.1) is 10.5 Å². The van der Waals surface area contributed by atoms with E-state index in [-0.39, 0.29) is 16.7 Å². The van der Waals surface area contributed by atoms with Crippen LogP contribution in [-0.4, -0.2) is 22.4 Å². The summed E-state index contributed by atoms with van der Waals surface area (Å²) in [5.74, 6) is -1.10. The number of hydrogen-bond donors (Lipinski definition) is 3. The highest BCUT2D eigenvalue weighted by Gasteiger charge is 2.15. The number of H-pyrrole nitrogens is 2. The van der Waals surface area contributed by atoms with Gasteiger partial charge in [-0.05, 0) is 49.2 Å². The summed E-state index contributed by atoms with van der Waals surface area (Å²) in [6, 6.07) is 9.22. The summed E-state index contributed by atoms with van der Waals surface area (Å²) in [6.45, 7) is 2.23. The summed E-state index contributed by atoms with van der Waals surface area (Å²) >= 11 is 5.83. The lowest BCUT2D eigenvalue weighted by Crippen LogP contribution is -2.26. The number of benzene rings is 2. The largest absolute Gasteiger partial charge is 0.356 e. The molecule has 0 unspecified atom stereocenters. The zero-order chi connectivity index (χ0) is 19.1. The molecule has 2 heterocycles. The highest BCUT2D eigenvalue weighted by atomic mass is 35.5. The first kappa shape index (κ1) is 17.5. The zero-order valence-electron chi connectivity index (χ0n) is 14.4. The Morgan fingerprint density at radius 2 is 1.96 bits per heavy atom. The summed E-state index contributed by atoms with van der Waals surface area (Å²) in [4.78, 5) is 18.3. The van der Waals surface area contributed by atoms with Crippen LogP contribution in [-0.2, 0) is 6.42 Å². The normalized spacial score (nSPS) is 11.4. The Kier molecular flexibility index (Phi) is 4.36. The molecule has 0 aliphatic rings. The predicted molar refractivity (Wildman–Crippen MR) is 102 cm³/mol. The number of carbonyl (C=O) groups excluding carboxylic acids is 1. The SMILES string of the molecule is Cc1[nH]c2c(F)c(Cl)ccc2c1CCNC(=O)c1cc2cc(F)ccc2[nH]1. The molecule has 0 saturated heterocycles. The molecule has 4 aromatic rings. The van der Waals surface area contributed by atoms with Crippen LogP contribution in [0.1, 0.15) is 21.7 Å². The number of carbonyl (C=O) groups is 1. The molecule has 4 rings (SSSR count). The molecule has 0 aliphatic heterocycles. The third-order valence-electron chi connectivity index (χ3n) is 4.67. The van der Waals surface area contributed by atoms with Gasteiger partial charge in [-0.1, -0.05) is 17.7 Å². The first-order chi connectivity index (χ1) is 12.9. The van der Waals surface area contributed by atoms with Gasteiger partial charge in [0.15, 0.2) is 5.82 Å². The zero-order valence-corrected chi connectivity index (χ0v) is 15.2. The Hall–Kier alpha value is -2.86. The summed E-state index contributed by atoms with van der Waals surface area (Å²) in [5, 5.41) is 4.29. The van der Waals surface area contributed by atoms with Gasteiger partial charge in [0.1, 0.15) is 11.5 Å². The molecular weight excluding hydrogens is 372 g/mol.